The topological polar surface area (TPSA) is 95.5 Å². The minimum Gasteiger partial charge on any atom is -0.449 e. The lowest BCUT2D eigenvalue weighted by Crippen LogP contribution is -1.97. The summed E-state index contributed by atoms with van der Waals surface area (Å²) < 4.78 is 18.6. The van der Waals surface area contributed by atoms with Crippen LogP contribution in [-0.4, -0.2) is 9.85 Å². The summed E-state index contributed by atoms with van der Waals surface area (Å²) in [6.45, 7) is 1.58. The third-order valence-electron chi connectivity index (χ3n) is 2.67. The van der Waals surface area contributed by atoms with Gasteiger partial charge in [-0.15, -0.1) is 0 Å². The number of ether oxygens (including phenoxy) is 1. The SMILES string of the molecule is Cc1cccc([N+](=O)[O-])c1Oc1cc(F)cc([N+](=O)[O-])c1. The Labute approximate surface area is 117 Å². The molecule has 0 heterocycles. The van der Waals surface area contributed by atoms with Crippen LogP contribution in [0.3, 0.4) is 0 Å². The predicted octanol–water partition coefficient (Wildman–Crippen LogP) is 3.74. The van der Waals surface area contributed by atoms with Gasteiger partial charge in [0.2, 0.25) is 5.75 Å². The fourth-order valence-corrected chi connectivity index (χ4v) is 1.74. The molecule has 0 atom stereocenters. The average Bonchev–Trinajstić information content (AvgIpc) is 2.40. The first kappa shape index (κ1) is 14.4. The van der Waals surface area contributed by atoms with Crippen molar-refractivity contribution in [3.8, 4) is 11.5 Å². The van der Waals surface area contributed by atoms with Gasteiger partial charge in [-0.3, -0.25) is 20.2 Å². The molecule has 2 rings (SSSR count). The summed E-state index contributed by atoms with van der Waals surface area (Å²) in [5.41, 5.74) is -0.348. The van der Waals surface area contributed by atoms with E-state index in [0.29, 0.717) is 5.56 Å². The van der Waals surface area contributed by atoms with E-state index in [-0.39, 0.29) is 17.2 Å². The number of nitrogens with zero attached hydrogens (tertiary/aromatic N) is 2. The van der Waals surface area contributed by atoms with Crippen LogP contribution in [0, 0.1) is 33.0 Å². The number of non-ortho nitro benzene ring substituents is 1. The third kappa shape index (κ3) is 3.11. The Bertz CT molecular complexity index is 732. The van der Waals surface area contributed by atoms with Crippen molar-refractivity contribution in [1.29, 1.82) is 0 Å². The Kier molecular flexibility index (Phi) is 3.79. The number of rotatable bonds is 4. The van der Waals surface area contributed by atoms with Crippen LogP contribution in [0.2, 0.25) is 0 Å². The zero-order valence-corrected chi connectivity index (χ0v) is 10.8. The molecule has 0 saturated carbocycles. The number of aryl methyl sites for hydroxylation is 1. The smallest absolute Gasteiger partial charge is 0.311 e. The molecule has 0 aliphatic rings. The summed E-state index contributed by atoms with van der Waals surface area (Å²) in [6, 6.07) is 6.95. The van der Waals surface area contributed by atoms with Gasteiger partial charge in [0.15, 0.2) is 0 Å². The van der Waals surface area contributed by atoms with E-state index in [0.717, 1.165) is 18.2 Å². The highest BCUT2D eigenvalue weighted by Crippen LogP contribution is 2.35. The van der Waals surface area contributed by atoms with E-state index in [4.69, 9.17) is 4.74 Å². The molecule has 0 amide bonds. The number of benzene rings is 2. The molecule has 0 fully saturated rings. The monoisotopic (exact) mass is 292 g/mol. The van der Waals surface area contributed by atoms with Crippen molar-refractivity contribution in [3.63, 3.8) is 0 Å². The first-order valence-electron chi connectivity index (χ1n) is 5.75. The van der Waals surface area contributed by atoms with Gasteiger partial charge in [0.05, 0.1) is 22.0 Å². The van der Waals surface area contributed by atoms with Crippen molar-refractivity contribution < 1.29 is 19.0 Å². The molecular weight excluding hydrogens is 283 g/mol. The van der Waals surface area contributed by atoms with E-state index in [1.54, 1.807) is 13.0 Å². The Balaban J connectivity index is 2.48. The van der Waals surface area contributed by atoms with Gasteiger partial charge in [0.1, 0.15) is 11.6 Å². The second-order valence-electron chi connectivity index (χ2n) is 4.18. The van der Waals surface area contributed by atoms with Gasteiger partial charge in [-0.2, -0.15) is 0 Å². The molecule has 0 spiro atoms. The summed E-state index contributed by atoms with van der Waals surface area (Å²) >= 11 is 0. The van der Waals surface area contributed by atoms with Gasteiger partial charge in [-0.05, 0) is 12.5 Å². The zero-order chi connectivity index (χ0) is 15.6. The largest absolute Gasteiger partial charge is 0.449 e. The van der Waals surface area contributed by atoms with Crippen molar-refractivity contribution >= 4 is 11.4 Å². The van der Waals surface area contributed by atoms with Crippen LogP contribution in [0.5, 0.6) is 11.5 Å². The number of hydrogen-bond acceptors (Lipinski definition) is 5. The van der Waals surface area contributed by atoms with Crippen molar-refractivity contribution in [1.82, 2.24) is 0 Å². The highest BCUT2D eigenvalue weighted by Gasteiger charge is 2.19. The van der Waals surface area contributed by atoms with Gasteiger partial charge in [-0.1, -0.05) is 12.1 Å². The maximum absolute atomic E-state index is 13.3. The lowest BCUT2D eigenvalue weighted by molar-refractivity contribution is -0.386. The van der Waals surface area contributed by atoms with E-state index in [9.17, 15) is 24.6 Å². The van der Waals surface area contributed by atoms with Gasteiger partial charge in [0, 0.05) is 12.1 Å². The second kappa shape index (κ2) is 5.53. The normalized spacial score (nSPS) is 10.2. The van der Waals surface area contributed by atoms with E-state index < -0.39 is 21.4 Å². The molecule has 0 radical (unpaired) electrons. The first-order valence-corrected chi connectivity index (χ1v) is 5.75. The number of halogens is 1. The number of hydrogen-bond donors (Lipinski definition) is 0. The van der Waals surface area contributed by atoms with E-state index >= 15 is 0 Å². The van der Waals surface area contributed by atoms with Gasteiger partial charge in [0.25, 0.3) is 5.69 Å². The lowest BCUT2D eigenvalue weighted by Gasteiger charge is -2.09. The van der Waals surface area contributed by atoms with Crippen LogP contribution >= 0.6 is 0 Å². The van der Waals surface area contributed by atoms with E-state index in [1.807, 2.05) is 0 Å². The Hall–Kier alpha value is -3.03. The van der Waals surface area contributed by atoms with Gasteiger partial charge >= 0.3 is 5.69 Å². The van der Waals surface area contributed by atoms with Crippen LogP contribution in [0.4, 0.5) is 15.8 Å². The van der Waals surface area contributed by atoms with Crippen molar-refractivity contribution in [2.45, 2.75) is 6.92 Å². The molecule has 0 unspecified atom stereocenters. The number of nitro groups is 2. The molecule has 21 heavy (non-hydrogen) atoms. The van der Waals surface area contributed by atoms with Crippen LogP contribution in [0.1, 0.15) is 5.56 Å². The maximum atomic E-state index is 13.3. The van der Waals surface area contributed by atoms with E-state index in [1.165, 1.54) is 12.1 Å². The predicted molar refractivity (Wildman–Crippen MR) is 71.0 cm³/mol. The molecule has 0 aliphatic carbocycles. The Morgan fingerprint density at radius 3 is 2.43 bits per heavy atom. The van der Waals surface area contributed by atoms with Crippen molar-refractivity contribution in [2.24, 2.45) is 0 Å². The molecule has 108 valence electrons. The molecule has 0 saturated heterocycles. The average molecular weight is 292 g/mol. The Morgan fingerprint density at radius 1 is 1.10 bits per heavy atom. The zero-order valence-electron chi connectivity index (χ0n) is 10.8. The van der Waals surface area contributed by atoms with Crippen LogP contribution in [0.15, 0.2) is 36.4 Å². The van der Waals surface area contributed by atoms with Crippen LogP contribution in [0.25, 0.3) is 0 Å². The molecule has 2 aromatic carbocycles. The minimum atomic E-state index is -0.865. The molecule has 0 bridgehead atoms. The minimum absolute atomic E-state index is 0.0811. The van der Waals surface area contributed by atoms with Crippen LogP contribution < -0.4 is 4.74 Å². The highest BCUT2D eigenvalue weighted by molar-refractivity contribution is 5.53. The Morgan fingerprint density at radius 2 is 1.81 bits per heavy atom. The molecular formula is C13H9FN2O5. The molecule has 0 aliphatic heterocycles. The first-order chi connectivity index (χ1) is 9.88. The summed E-state index contributed by atoms with van der Waals surface area (Å²) in [7, 11) is 0. The van der Waals surface area contributed by atoms with Crippen molar-refractivity contribution in [3.05, 3.63) is 68.0 Å². The summed E-state index contributed by atoms with van der Waals surface area (Å²) in [5, 5.41) is 21.6. The summed E-state index contributed by atoms with van der Waals surface area (Å²) in [5.74, 6) is -1.13. The van der Waals surface area contributed by atoms with Gasteiger partial charge in [-0.25, -0.2) is 4.39 Å². The molecule has 2 aromatic rings. The summed E-state index contributed by atoms with van der Waals surface area (Å²) in [6.07, 6.45) is 0. The quantitative estimate of drug-likeness (QED) is 0.631. The number of nitro benzene ring substituents is 2. The molecule has 8 heteroatoms. The fourth-order valence-electron chi connectivity index (χ4n) is 1.74. The lowest BCUT2D eigenvalue weighted by atomic mass is 10.2. The highest BCUT2D eigenvalue weighted by atomic mass is 19.1. The fraction of sp³-hybridized carbons (Fsp3) is 0.0769. The van der Waals surface area contributed by atoms with Crippen molar-refractivity contribution in [2.75, 3.05) is 0 Å². The van der Waals surface area contributed by atoms with Gasteiger partial charge < -0.3 is 4.74 Å². The third-order valence-corrected chi connectivity index (χ3v) is 2.67. The molecule has 7 nitrogen and oxygen atoms in total. The van der Waals surface area contributed by atoms with Crippen LogP contribution in [-0.2, 0) is 0 Å². The number of para-hydroxylation sites is 1. The second-order valence-corrected chi connectivity index (χ2v) is 4.18. The van der Waals surface area contributed by atoms with E-state index in [2.05, 4.69) is 0 Å². The standard InChI is InChI=1S/C13H9FN2O5/c1-8-3-2-4-12(16(19)20)13(8)21-11-6-9(14)5-10(7-11)15(17)18/h2-7H,1H3. The summed E-state index contributed by atoms with van der Waals surface area (Å²) in [4.78, 5) is 20.2. The molecule has 0 N–H and O–H groups in total. The molecule has 0 aromatic heterocycles. The maximum Gasteiger partial charge on any atom is 0.311 e.